The second kappa shape index (κ2) is 8.11. The van der Waals surface area contributed by atoms with Gasteiger partial charge in [0.2, 0.25) is 5.88 Å². The largest absolute Gasteiger partial charge is 0.475 e. The lowest BCUT2D eigenvalue weighted by Crippen LogP contribution is -2.33. The van der Waals surface area contributed by atoms with E-state index in [-0.39, 0.29) is 23.5 Å². The van der Waals surface area contributed by atoms with Gasteiger partial charge in [-0.15, -0.1) is 0 Å². The number of carbonyl (C=O) groups is 1. The van der Waals surface area contributed by atoms with Gasteiger partial charge in [-0.1, -0.05) is 0 Å². The summed E-state index contributed by atoms with van der Waals surface area (Å²) in [6.45, 7) is 1.22. The maximum atomic E-state index is 11.8. The number of pyridine rings is 1. The molecule has 2 N–H and O–H groups in total. The van der Waals surface area contributed by atoms with Crippen LogP contribution in [0.5, 0.6) is 5.88 Å². The molecule has 0 saturated carbocycles. The van der Waals surface area contributed by atoms with Crippen molar-refractivity contribution in [2.75, 3.05) is 43.7 Å². The minimum atomic E-state index is -2.92. The molecule has 8 nitrogen and oxygen atoms in total. The van der Waals surface area contributed by atoms with E-state index in [4.69, 9.17) is 9.47 Å². The Labute approximate surface area is 135 Å². The SMILES string of the molecule is COCCOc1ccc(NC(=O)NC[C@H]2CCS(=O)(=O)C2)cn1. The third-order valence-corrected chi connectivity index (χ3v) is 5.25. The zero-order valence-electron chi connectivity index (χ0n) is 12.9. The van der Waals surface area contributed by atoms with Gasteiger partial charge in [0.05, 0.1) is 30.0 Å². The van der Waals surface area contributed by atoms with Gasteiger partial charge >= 0.3 is 6.03 Å². The first-order chi connectivity index (χ1) is 11.0. The standard InChI is InChI=1S/C14H21N3O5S/c1-21-5-6-22-13-3-2-12(9-15-13)17-14(18)16-8-11-4-7-23(19,20)10-11/h2-3,9,11H,4-8,10H2,1H3,(H2,16,17,18)/t11-/m1/s1. The topological polar surface area (TPSA) is 107 Å². The van der Waals surface area contributed by atoms with E-state index < -0.39 is 9.84 Å². The van der Waals surface area contributed by atoms with E-state index >= 15 is 0 Å². The Balaban J connectivity index is 1.72. The summed E-state index contributed by atoms with van der Waals surface area (Å²) in [5.41, 5.74) is 0.528. The molecule has 0 aromatic carbocycles. The number of nitrogens with one attached hydrogen (secondary N) is 2. The van der Waals surface area contributed by atoms with Crippen LogP contribution in [0.2, 0.25) is 0 Å². The summed E-state index contributed by atoms with van der Waals surface area (Å²) in [6.07, 6.45) is 2.08. The number of hydrogen-bond donors (Lipinski definition) is 2. The smallest absolute Gasteiger partial charge is 0.319 e. The maximum Gasteiger partial charge on any atom is 0.319 e. The summed E-state index contributed by atoms with van der Waals surface area (Å²) in [5, 5.41) is 5.32. The molecule has 0 unspecified atom stereocenters. The first kappa shape index (κ1) is 17.5. The summed E-state index contributed by atoms with van der Waals surface area (Å²) in [5.74, 6) is 0.780. The van der Waals surface area contributed by atoms with Crippen molar-refractivity contribution >= 4 is 21.6 Å². The third-order valence-electron chi connectivity index (χ3n) is 3.41. The Morgan fingerprint density at radius 1 is 1.39 bits per heavy atom. The fourth-order valence-corrected chi connectivity index (χ4v) is 4.08. The lowest BCUT2D eigenvalue weighted by Gasteiger charge is -2.11. The summed E-state index contributed by atoms with van der Waals surface area (Å²) in [4.78, 5) is 15.8. The van der Waals surface area contributed by atoms with Crippen molar-refractivity contribution in [3.8, 4) is 5.88 Å². The van der Waals surface area contributed by atoms with E-state index in [1.807, 2.05) is 0 Å². The predicted octanol–water partition coefficient (Wildman–Crippen LogP) is 0.663. The molecule has 0 aliphatic carbocycles. The molecule has 1 fully saturated rings. The van der Waals surface area contributed by atoms with E-state index in [2.05, 4.69) is 15.6 Å². The highest BCUT2D eigenvalue weighted by Gasteiger charge is 2.27. The van der Waals surface area contributed by atoms with Crippen molar-refractivity contribution in [2.24, 2.45) is 5.92 Å². The number of sulfone groups is 1. The van der Waals surface area contributed by atoms with Crippen LogP contribution in [0.15, 0.2) is 18.3 Å². The van der Waals surface area contributed by atoms with Gasteiger partial charge in [-0.2, -0.15) is 0 Å². The summed E-state index contributed by atoms with van der Waals surface area (Å²) >= 11 is 0. The first-order valence-electron chi connectivity index (χ1n) is 7.31. The molecular formula is C14H21N3O5S. The quantitative estimate of drug-likeness (QED) is 0.705. The van der Waals surface area contributed by atoms with Gasteiger partial charge in [0, 0.05) is 19.7 Å². The normalized spacial score (nSPS) is 19.3. The van der Waals surface area contributed by atoms with Crippen molar-refractivity contribution in [3.63, 3.8) is 0 Å². The zero-order chi connectivity index (χ0) is 16.7. The first-order valence-corrected chi connectivity index (χ1v) is 9.14. The highest BCUT2D eigenvalue weighted by atomic mass is 32.2. The Morgan fingerprint density at radius 2 is 2.22 bits per heavy atom. The number of urea groups is 1. The molecule has 23 heavy (non-hydrogen) atoms. The molecule has 9 heteroatoms. The van der Waals surface area contributed by atoms with Crippen LogP contribution in [-0.2, 0) is 14.6 Å². The number of hydrogen-bond acceptors (Lipinski definition) is 6. The van der Waals surface area contributed by atoms with E-state index in [1.54, 1.807) is 19.2 Å². The van der Waals surface area contributed by atoms with Crippen LogP contribution in [-0.4, -0.2) is 57.8 Å². The predicted molar refractivity (Wildman–Crippen MR) is 85.4 cm³/mol. The second-order valence-corrected chi connectivity index (χ2v) is 7.56. The number of aromatic nitrogens is 1. The van der Waals surface area contributed by atoms with Gasteiger partial charge in [0.15, 0.2) is 9.84 Å². The lowest BCUT2D eigenvalue weighted by molar-refractivity contribution is 0.144. The molecule has 0 spiro atoms. The minimum Gasteiger partial charge on any atom is -0.475 e. The van der Waals surface area contributed by atoms with Gasteiger partial charge in [-0.05, 0) is 18.4 Å². The molecule has 2 rings (SSSR count). The van der Waals surface area contributed by atoms with Crippen molar-refractivity contribution < 1.29 is 22.7 Å². The highest BCUT2D eigenvalue weighted by Crippen LogP contribution is 2.17. The van der Waals surface area contributed by atoms with Crippen molar-refractivity contribution in [3.05, 3.63) is 18.3 Å². The molecule has 2 amide bonds. The lowest BCUT2D eigenvalue weighted by atomic mass is 10.1. The van der Waals surface area contributed by atoms with E-state index in [9.17, 15) is 13.2 Å². The van der Waals surface area contributed by atoms with E-state index in [1.165, 1.54) is 6.20 Å². The Morgan fingerprint density at radius 3 is 2.83 bits per heavy atom. The fraction of sp³-hybridized carbons (Fsp3) is 0.571. The average Bonchev–Trinajstić information content (AvgIpc) is 2.87. The van der Waals surface area contributed by atoms with Crippen LogP contribution in [0.1, 0.15) is 6.42 Å². The molecule has 1 aliphatic heterocycles. The number of ether oxygens (including phenoxy) is 2. The molecule has 2 heterocycles. The van der Waals surface area contributed by atoms with Gasteiger partial charge in [-0.25, -0.2) is 18.2 Å². The van der Waals surface area contributed by atoms with E-state index in [0.29, 0.717) is 37.7 Å². The fourth-order valence-electron chi connectivity index (χ4n) is 2.21. The Bertz CT molecular complexity index is 618. The number of carbonyl (C=O) groups excluding carboxylic acids is 1. The molecule has 0 bridgehead atoms. The van der Waals surface area contributed by atoms with Crippen LogP contribution in [0.3, 0.4) is 0 Å². The molecule has 0 radical (unpaired) electrons. The van der Waals surface area contributed by atoms with Gasteiger partial charge < -0.3 is 20.1 Å². The molecule has 1 aromatic rings. The summed E-state index contributed by atoms with van der Waals surface area (Å²) in [6, 6.07) is 2.94. The maximum absolute atomic E-state index is 11.8. The zero-order valence-corrected chi connectivity index (χ0v) is 13.8. The second-order valence-electron chi connectivity index (χ2n) is 5.33. The number of nitrogens with zero attached hydrogens (tertiary/aromatic N) is 1. The number of rotatable bonds is 7. The third kappa shape index (κ3) is 6.03. The monoisotopic (exact) mass is 343 g/mol. The number of amides is 2. The van der Waals surface area contributed by atoms with Gasteiger partial charge in [0.25, 0.3) is 0 Å². The van der Waals surface area contributed by atoms with Crippen LogP contribution in [0.4, 0.5) is 10.5 Å². The molecule has 1 saturated heterocycles. The van der Waals surface area contributed by atoms with Crippen LogP contribution in [0.25, 0.3) is 0 Å². The van der Waals surface area contributed by atoms with Crippen molar-refractivity contribution in [1.82, 2.24) is 10.3 Å². The van der Waals surface area contributed by atoms with Crippen LogP contribution >= 0.6 is 0 Å². The van der Waals surface area contributed by atoms with Gasteiger partial charge in [-0.3, -0.25) is 0 Å². The minimum absolute atomic E-state index is 0.0135. The van der Waals surface area contributed by atoms with Gasteiger partial charge in [0.1, 0.15) is 6.61 Å². The highest BCUT2D eigenvalue weighted by molar-refractivity contribution is 7.91. The molecular weight excluding hydrogens is 322 g/mol. The Kier molecular flexibility index (Phi) is 6.17. The number of anilines is 1. The Hall–Kier alpha value is -1.87. The number of methoxy groups -OCH3 is 1. The van der Waals surface area contributed by atoms with E-state index in [0.717, 1.165) is 0 Å². The summed E-state index contributed by atoms with van der Waals surface area (Å²) < 4.78 is 32.9. The van der Waals surface area contributed by atoms with Crippen LogP contribution < -0.4 is 15.4 Å². The molecule has 1 aliphatic rings. The summed E-state index contributed by atoms with van der Waals surface area (Å²) in [7, 11) is -1.33. The van der Waals surface area contributed by atoms with Crippen molar-refractivity contribution in [1.29, 1.82) is 0 Å². The average molecular weight is 343 g/mol. The molecule has 1 aromatic heterocycles. The van der Waals surface area contributed by atoms with Crippen molar-refractivity contribution in [2.45, 2.75) is 6.42 Å². The molecule has 1 atom stereocenters. The molecule has 128 valence electrons. The van der Waals surface area contributed by atoms with Crippen LogP contribution in [0, 0.1) is 5.92 Å².